The van der Waals surface area contributed by atoms with Crippen molar-refractivity contribution in [3.63, 3.8) is 0 Å². The smallest absolute Gasteiger partial charge is 0.351 e. The van der Waals surface area contributed by atoms with Gasteiger partial charge < -0.3 is 20.9 Å². The SMILES string of the molecule is CC(C)C(N)[C@@H](O)C(F)(F)C(=O)NCCN1CCOCC1.Cl. The second-order valence-corrected chi connectivity index (χ2v) is 5.60. The van der Waals surface area contributed by atoms with Crippen LogP contribution in [-0.4, -0.2) is 73.4 Å². The minimum Gasteiger partial charge on any atom is -0.385 e. The molecule has 1 unspecified atom stereocenters. The van der Waals surface area contributed by atoms with E-state index in [0.717, 1.165) is 0 Å². The van der Waals surface area contributed by atoms with Gasteiger partial charge in [0.2, 0.25) is 0 Å². The van der Waals surface area contributed by atoms with E-state index in [0.29, 0.717) is 32.8 Å². The van der Waals surface area contributed by atoms with Crippen molar-refractivity contribution in [3.05, 3.63) is 0 Å². The van der Waals surface area contributed by atoms with E-state index in [1.54, 1.807) is 13.8 Å². The molecule has 0 aromatic rings. The highest BCUT2D eigenvalue weighted by Gasteiger charge is 2.49. The van der Waals surface area contributed by atoms with Crippen molar-refractivity contribution in [2.24, 2.45) is 11.7 Å². The summed E-state index contributed by atoms with van der Waals surface area (Å²) < 4.78 is 32.8. The van der Waals surface area contributed by atoms with Crippen LogP contribution in [0, 0.1) is 5.92 Å². The fourth-order valence-corrected chi connectivity index (χ4v) is 2.01. The van der Waals surface area contributed by atoms with Gasteiger partial charge in [0, 0.05) is 32.2 Å². The third-order valence-electron chi connectivity index (χ3n) is 3.63. The van der Waals surface area contributed by atoms with E-state index >= 15 is 0 Å². The van der Waals surface area contributed by atoms with Crippen molar-refractivity contribution in [1.29, 1.82) is 0 Å². The molecule has 1 heterocycles. The maximum atomic E-state index is 13.8. The molecule has 0 aliphatic carbocycles. The molecule has 132 valence electrons. The van der Waals surface area contributed by atoms with Crippen molar-refractivity contribution < 1.29 is 23.4 Å². The number of morpholine rings is 1. The van der Waals surface area contributed by atoms with Gasteiger partial charge in [0.05, 0.1) is 13.2 Å². The summed E-state index contributed by atoms with van der Waals surface area (Å²) in [6, 6.07) is -1.16. The Kier molecular flexibility index (Phi) is 9.33. The van der Waals surface area contributed by atoms with Crippen LogP contribution in [0.5, 0.6) is 0 Å². The molecule has 1 fully saturated rings. The monoisotopic (exact) mass is 345 g/mol. The van der Waals surface area contributed by atoms with Crippen LogP contribution in [0.4, 0.5) is 8.78 Å². The summed E-state index contributed by atoms with van der Waals surface area (Å²) in [4.78, 5) is 13.6. The second kappa shape index (κ2) is 9.57. The molecule has 0 aromatic carbocycles. The van der Waals surface area contributed by atoms with E-state index in [-0.39, 0.29) is 24.9 Å². The first-order valence-electron chi connectivity index (χ1n) is 7.16. The minimum atomic E-state index is -3.89. The quantitative estimate of drug-likeness (QED) is 0.596. The van der Waals surface area contributed by atoms with Gasteiger partial charge >= 0.3 is 5.92 Å². The summed E-state index contributed by atoms with van der Waals surface area (Å²) in [7, 11) is 0. The average Bonchev–Trinajstić information content (AvgIpc) is 2.46. The first-order valence-corrected chi connectivity index (χ1v) is 7.16. The highest BCUT2D eigenvalue weighted by Crippen LogP contribution is 2.23. The average molecular weight is 346 g/mol. The van der Waals surface area contributed by atoms with Crippen molar-refractivity contribution in [1.82, 2.24) is 10.2 Å². The normalized spacial score (nSPS) is 19.4. The molecule has 1 amide bonds. The van der Waals surface area contributed by atoms with Crippen molar-refractivity contribution in [2.45, 2.75) is 31.9 Å². The number of amides is 1. The van der Waals surface area contributed by atoms with Gasteiger partial charge in [-0.2, -0.15) is 8.78 Å². The number of hydrogen-bond donors (Lipinski definition) is 3. The largest absolute Gasteiger partial charge is 0.385 e. The fraction of sp³-hybridized carbons (Fsp3) is 0.923. The third kappa shape index (κ3) is 5.92. The van der Waals surface area contributed by atoms with Crippen LogP contribution in [0.25, 0.3) is 0 Å². The lowest BCUT2D eigenvalue weighted by Gasteiger charge is -2.29. The Bertz CT molecular complexity index is 342. The molecule has 0 radical (unpaired) electrons. The number of ether oxygens (including phenoxy) is 1. The molecule has 0 spiro atoms. The number of halogens is 3. The van der Waals surface area contributed by atoms with Gasteiger partial charge in [-0.15, -0.1) is 12.4 Å². The maximum absolute atomic E-state index is 13.8. The van der Waals surface area contributed by atoms with E-state index in [1.165, 1.54) is 0 Å². The summed E-state index contributed by atoms with van der Waals surface area (Å²) in [5, 5.41) is 11.7. The molecule has 6 nitrogen and oxygen atoms in total. The first-order chi connectivity index (χ1) is 9.76. The van der Waals surface area contributed by atoms with Gasteiger partial charge in [0.1, 0.15) is 6.10 Å². The van der Waals surface area contributed by atoms with E-state index in [1.807, 2.05) is 4.90 Å². The number of hydrogen-bond acceptors (Lipinski definition) is 5. The topological polar surface area (TPSA) is 87.8 Å². The number of nitrogens with two attached hydrogens (primary N) is 1. The van der Waals surface area contributed by atoms with Crippen LogP contribution in [0.1, 0.15) is 13.8 Å². The molecular formula is C13H26ClF2N3O3. The number of aliphatic hydroxyl groups is 1. The standard InChI is InChI=1S/C13H25F2N3O3.ClH/c1-9(2)10(16)11(19)13(14,15)12(20)17-3-4-18-5-7-21-8-6-18;/h9-11,19H,3-8,16H2,1-2H3,(H,17,20);1H/t10?,11-;/m1./s1. The molecule has 1 aliphatic heterocycles. The lowest BCUT2D eigenvalue weighted by atomic mass is 9.95. The molecule has 1 rings (SSSR count). The zero-order valence-corrected chi connectivity index (χ0v) is 13.7. The number of nitrogens with one attached hydrogen (secondary N) is 1. The van der Waals surface area contributed by atoms with Crippen LogP contribution >= 0.6 is 12.4 Å². The van der Waals surface area contributed by atoms with Gasteiger partial charge in [-0.05, 0) is 5.92 Å². The van der Waals surface area contributed by atoms with Crippen LogP contribution in [0.3, 0.4) is 0 Å². The Morgan fingerprint density at radius 3 is 2.45 bits per heavy atom. The Hall–Kier alpha value is -0.540. The second-order valence-electron chi connectivity index (χ2n) is 5.60. The summed E-state index contributed by atoms with van der Waals surface area (Å²) in [6.07, 6.45) is -2.19. The Morgan fingerprint density at radius 1 is 1.41 bits per heavy atom. The van der Waals surface area contributed by atoms with E-state index in [9.17, 15) is 18.7 Å². The summed E-state index contributed by atoms with van der Waals surface area (Å²) in [5.74, 6) is -5.74. The molecule has 0 saturated carbocycles. The Morgan fingerprint density at radius 2 is 1.95 bits per heavy atom. The molecule has 0 bridgehead atoms. The Balaban J connectivity index is 0.00000441. The summed E-state index contributed by atoms with van der Waals surface area (Å²) in [6.45, 7) is 6.43. The van der Waals surface area contributed by atoms with Crippen LogP contribution in [-0.2, 0) is 9.53 Å². The van der Waals surface area contributed by atoms with Gasteiger partial charge in [0.25, 0.3) is 5.91 Å². The molecule has 2 atom stereocenters. The predicted molar refractivity (Wildman–Crippen MR) is 81.3 cm³/mol. The van der Waals surface area contributed by atoms with E-state index < -0.39 is 24.0 Å². The van der Waals surface area contributed by atoms with Crippen molar-refractivity contribution >= 4 is 18.3 Å². The lowest BCUT2D eigenvalue weighted by Crippen LogP contribution is -2.57. The number of carbonyl (C=O) groups excluding carboxylic acids is 1. The molecule has 1 aliphatic rings. The maximum Gasteiger partial charge on any atom is 0.351 e. The van der Waals surface area contributed by atoms with Gasteiger partial charge in [0.15, 0.2) is 0 Å². The molecule has 9 heteroatoms. The minimum absolute atomic E-state index is 0. The van der Waals surface area contributed by atoms with Crippen LogP contribution in [0.2, 0.25) is 0 Å². The zero-order chi connectivity index (χ0) is 16.0. The predicted octanol–water partition coefficient (Wildman–Crippen LogP) is -0.164. The number of aliphatic hydroxyl groups excluding tert-OH is 1. The highest BCUT2D eigenvalue weighted by molar-refractivity contribution is 5.85. The summed E-state index contributed by atoms with van der Waals surface area (Å²) in [5.41, 5.74) is 5.50. The Labute approximate surface area is 135 Å². The van der Waals surface area contributed by atoms with E-state index in [2.05, 4.69) is 5.32 Å². The van der Waals surface area contributed by atoms with Crippen molar-refractivity contribution in [3.8, 4) is 0 Å². The van der Waals surface area contributed by atoms with Crippen LogP contribution < -0.4 is 11.1 Å². The molecule has 1 saturated heterocycles. The number of alkyl halides is 2. The molecular weight excluding hydrogens is 320 g/mol. The lowest BCUT2D eigenvalue weighted by molar-refractivity contribution is -0.167. The molecule has 4 N–H and O–H groups in total. The zero-order valence-electron chi connectivity index (χ0n) is 12.9. The summed E-state index contributed by atoms with van der Waals surface area (Å²) >= 11 is 0. The fourth-order valence-electron chi connectivity index (χ4n) is 2.01. The molecule has 22 heavy (non-hydrogen) atoms. The number of rotatable bonds is 7. The van der Waals surface area contributed by atoms with E-state index in [4.69, 9.17) is 10.5 Å². The molecule has 0 aromatic heterocycles. The van der Waals surface area contributed by atoms with Gasteiger partial charge in [-0.1, -0.05) is 13.8 Å². The van der Waals surface area contributed by atoms with Gasteiger partial charge in [-0.3, -0.25) is 9.69 Å². The third-order valence-corrected chi connectivity index (χ3v) is 3.63. The number of nitrogens with zero attached hydrogens (tertiary/aromatic N) is 1. The van der Waals surface area contributed by atoms with Crippen LogP contribution in [0.15, 0.2) is 0 Å². The van der Waals surface area contributed by atoms with Gasteiger partial charge in [-0.25, -0.2) is 0 Å². The highest BCUT2D eigenvalue weighted by atomic mass is 35.5. The van der Waals surface area contributed by atoms with Crippen molar-refractivity contribution in [2.75, 3.05) is 39.4 Å². The first kappa shape index (κ1) is 21.5. The number of carbonyl (C=O) groups is 1.